The number of nitrogens with zero attached hydrogens (tertiary/aromatic N) is 1. The minimum Gasteiger partial charge on any atom is -0.478 e. The van der Waals surface area contributed by atoms with Gasteiger partial charge in [-0.1, -0.05) is 0 Å². The fourth-order valence-electron chi connectivity index (χ4n) is 1.62. The Morgan fingerprint density at radius 2 is 2.12 bits per heavy atom. The van der Waals surface area contributed by atoms with Crippen molar-refractivity contribution in [2.45, 2.75) is 6.04 Å². The number of sulfone groups is 1. The first-order valence-electron chi connectivity index (χ1n) is 4.75. The van der Waals surface area contributed by atoms with Crippen LogP contribution in [0.2, 0.25) is 0 Å². The summed E-state index contributed by atoms with van der Waals surface area (Å²) >= 11 is 0. The Kier molecular flexibility index (Phi) is 2.62. The average molecular weight is 255 g/mol. The maximum atomic E-state index is 11.5. The van der Waals surface area contributed by atoms with Crippen LogP contribution in [0, 0.1) is 0 Å². The molecule has 0 saturated heterocycles. The number of aromatic carboxylic acids is 1. The highest BCUT2D eigenvalue weighted by atomic mass is 32.2. The van der Waals surface area contributed by atoms with Gasteiger partial charge in [0.05, 0.1) is 17.4 Å². The van der Waals surface area contributed by atoms with E-state index in [1.165, 1.54) is 12.1 Å². The number of carbonyl (C=O) groups is 1. The molecular formula is C10H9NO5S. The molecule has 0 saturated carbocycles. The van der Waals surface area contributed by atoms with Crippen LogP contribution in [-0.2, 0) is 9.84 Å². The van der Waals surface area contributed by atoms with Gasteiger partial charge in [0.15, 0.2) is 9.84 Å². The van der Waals surface area contributed by atoms with E-state index in [1.54, 1.807) is 0 Å². The van der Waals surface area contributed by atoms with Crippen LogP contribution in [0.4, 0.5) is 0 Å². The molecule has 90 valence electrons. The van der Waals surface area contributed by atoms with Gasteiger partial charge in [-0.15, -0.1) is 0 Å². The topological polar surface area (TPSA) is 93.4 Å². The number of rotatable bonds is 2. The van der Waals surface area contributed by atoms with Gasteiger partial charge in [-0.2, -0.15) is 0 Å². The van der Waals surface area contributed by atoms with Gasteiger partial charge in [0.2, 0.25) is 0 Å². The fourth-order valence-corrected chi connectivity index (χ4v) is 2.90. The van der Waals surface area contributed by atoms with Crippen LogP contribution in [0.1, 0.15) is 16.4 Å². The Labute approximate surface area is 96.7 Å². The SMILES string of the molecule is O=C(O)c1ccc(=O)n(C2C=CS(=O)(=O)C2)c1. The van der Waals surface area contributed by atoms with Gasteiger partial charge < -0.3 is 9.67 Å². The Hall–Kier alpha value is -1.89. The number of carboxylic acids is 1. The molecular weight excluding hydrogens is 246 g/mol. The molecule has 2 rings (SSSR count). The molecule has 0 amide bonds. The van der Waals surface area contributed by atoms with Crippen molar-refractivity contribution in [2.24, 2.45) is 0 Å². The normalized spacial score (nSPS) is 21.5. The first kappa shape index (κ1) is 11.6. The quantitative estimate of drug-likeness (QED) is 0.804. The van der Waals surface area contributed by atoms with E-state index in [-0.39, 0.29) is 11.3 Å². The van der Waals surface area contributed by atoms with Crippen LogP contribution in [0.25, 0.3) is 0 Å². The molecule has 6 nitrogen and oxygen atoms in total. The standard InChI is InChI=1S/C10H9NO5S/c12-9-2-1-7(10(13)14)5-11(9)8-3-4-17(15,16)6-8/h1-5,8H,6H2,(H,13,14). The summed E-state index contributed by atoms with van der Waals surface area (Å²) in [6.07, 6.45) is 2.53. The van der Waals surface area contributed by atoms with Gasteiger partial charge >= 0.3 is 5.97 Å². The van der Waals surface area contributed by atoms with Crippen molar-refractivity contribution < 1.29 is 18.3 Å². The van der Waals surface area contributed by atoms with Crippen LogP contribution in [-0.4, -0.2) is 29.8 Å². The van der Waals surface area contributed by atoms with E-state index in [2.05, 4.69) is 0 Å². The molecule has 1 unspecified atom stereocenters. The van der Waals surface area contributed by atoms with Crippen molar-refractivity contribution in [3.05, 3.63) is 45.7 Å². The third kappa shape index (κ3) is 2.28. The zero-order valence-electron chi connectivity index (χ0n) is 8.61. The third-order valence-corrected chi connectivity index (χ3v) is 3.83. The van der Waals surface area contributed by atoms with E-state index >= 15 is 0 Å². The zero-order chi connectivity index (χ0) is 12.6. The van der Waals surface area contributed by atoms with Gasteiger partial charge in [-0.3, -0.25) is 4.79 Å². The average Bonchev–Trinajstić information content (AvgIpc) is 2.59. The molecule has 1 atom stereocenters. The molecule has 0 spiro atoms. The third-order valence-electron chi connectivity index (χ3n) is 2.45. The minimum atomic E-state index is -3.28. The van der Waals surface area contributed by atoms with Crippen LogP contribution in [0.3, 0.4) is 0 Å². The van der Waals surface area contributed by atoms with Gasteiger partial charge in [0.1, 0.15) is 0 Å². The summed E-state index contributed by atoms with van der Waals surface area (Å²) in [6, 6.07) is 1.67. The highest BCUT2D eigenvalue weighted by molar-refractivity contribution is 7.94. The van der Waals surface area contributed by atoms with E-state index < -0.39 is 27.4 Å². The molecule has 1 aromatic rings. The number of pyridine rings is 1. The molecule has 0 bridgehead atoms. The van der Waals surface area contributed by atoms with Gasteiger partial charge in [-0.05, 0) is 12.1 Å². The van der Waals surface area contributed by atoms with Gasteiger partial charge in [-0.25, -0.2) is 13.2 Å². The maximum absolute atomic E-state index is 11.5. The molecule has 0 aromatic carbocycles. The molecule has 1 N–H and O–H groups in total. The fraction of sp³-hybridized carbons (Fsp3) is 0.200. The highest BCUT2D eigenvalue weighted by Crippen LogP contribution is 2.18. The summed E-state index contributed by atoms with van der Waals surface area (Å²) in [5.74, 6) is -1.38. The van der Waals surface area contributed by atoms with Crippen LogP contribution in [0.15, 0.2) is 34.6 Å². The zero-order valence-corrected chi connectivity index (χ0v) is 9.42. The molecule has 0 fully saturated rings. The van der Waals surface area contributed by atoms with Gasteiger partial charge in [0, 0.05) is 17.7 Å². The first-order valence-corrected chi connectivity index (χ1v) is 6.47. The molecule has 7 heteroatoms. The lowest BCUT2D eigenvalue weighted by Gasteiger charge is -2.11. The van der Waals surface area contributed by atoms with Gasteiger partial charge in [0.25, 0.3) is 5.56 Å². The van der Waals surface area contributed by atoms with E-state index in [4.69, 9.17) is 5.11 Å². The van der Waals surface area contributed by atoms with Crippen molar-refractivity contribution in [1.29, 1.82) is 0 Å². The number of aromatic nitrogens is 1. The Balaban J connectivity index is 2.47. The molecule has 1 aromatic heterocycles. The maximum Gasteiger partial charge on any atom is 0.337 e. The number of carboxylic acid groups (broad SMARTS) is 1. The predicted molar refractivity (Wildman–Crippen MR) is 59.6 cm³/mol. The molecule has 1 aliphatic rings. The second-order valence-electron chi connectivity index (χ2n) is 3.69. The minimum absolute atomic E-state index is 0.0534. The summed E-state index contributed by atoms with van der Waals surface area (Å²) in [5.41, 5.74) is -0.482. The van der Waals surface area contributed by atoms with Crippen molar-refractivity contribution >= 4 is 15.8 Å². The molecule has 0 aliphatic carbocycles. The Morgan fingerprint density at radius 3 is 2.65 bits per heavy atom. The van der Waals surface area contributed by atoms with Crippen LogP contribution < -0.4 is 5.56 Å². The summed E-state index contributed by atoms with van der Waals surface area (Å²) in [4.78, 5) is 22.3. The van der Waals surface area contributed by atoms with Crippen LogP contribution in [0.5, 0.6) is 0 Å². The lowest BCUT2D eigenvalue weighted by molar-refractivity contribution is 0.0695. The second kappa shape index (κ2) is 3.85. The molecule has 17 heavy (non-hydrogen) atoms. The molecule has 1 aliphatic heterocycles. The smallest absolute Gasteiger partial charge is 0.337 e. The van der Waals surface area contributed by atoms with E-state index in [0.29, 0.717) is 0 Å². The first-order chi connectivity index (χ1) is 7.89. The Bertz CT molecular complexity index is 656. The van der Waals surface area contributed by atoms with Crippen molar-refractivity contribution in [3.63, 3.8) is 0 Å². The summed E-state index contributed by atoms with van der Waals surface area (Å²) in [6.45, 7) is 0. The predicted octanol–water partition coefficient (Wildman–Crippen LogP) is 0.0297. The lowest BCUT2D eigenvalue weighted by Crippen LogP contribution is -2.25. The molecule has 2 heterocycles. The summed E-state index contributed by atoms with van der Waals surface area (Å²) in [7, 11) is -3.28. The number of allylic oxidation sites excluding steroid dienone is 1. The van der Waals surface area contributed by atoms with Crippen molar-refractivity contribution in [1.82, 2.24) is 4.57 Å². The largest absolute Gasteiger partial charge is 0.478 e. The highest BCUT2D eigenvalue weighted by Gasteiger charge is 2.24. The van der Waals surface area contributed by atoms with Crippen molar-refractivity contribution in [2.75, 3.05) is 5.75 Å². The summed E-state index contributed by atoms with van der Waals surface area (Å²) < 4.78 is 23.6. The number of hydrogen-bond donors (Lipinski definition) is 1. The Morgan fingerprint density at radius 1 is 1.41 bits per heavy atom. The van der Waals surface area contributed by atoms with E-state index in [9.17, 15) is 18.0 Å². The van der Waals surface area contributed by atoms with E-state index in [1.807, 2.05) is 0 Å². The number of hydrogen-bond acceptors (Lipinski definition) is 4. The van der Waals surface area contributed by atoms with Crippen molar-refractivity contribution in [3.8, 4) is 0 Å². The molecule has 0 radical (unpaired) electrons. The monoisotopic (exact) mass is 255 g/mol. The van der Waals surface area contributed by atoms with E-state index in [0.717, 1.165) is 22.2 Å². The summed E-state index contributed by atoms with van der Waals surface area (Å²) in [5, 5.41) is 9.83. The second-order valence-corrected chi connectivity index (χ2v) is 5.63. The lowest BCUT2D eigenvalue weighted by atomic mass is 10.2. The van der Waals surface area contributed by atoms with Crippen LogP contribution >= 0.6 is 0 Å².